The van der Waals surface area contributed by atoms with E-state index in [1.807, 2.05) is 31.2 Å². The number of aromatic nitrogens is 1. The molecular weight excluding hydrogens is 388 g/mol. The van der Waals surface area contributed by atoms with E-state index in [1.165, 1.54) is 24.0 Å². The molecular formula is C22H20N2O4S. The topological polar surface area (TPSA) is 68.7 Å². The molecule has 4 rings (SSSR count). The summed E-state index contributed by atoms with van der Waals surface area (Å²) < 4.78 is 10.5. The molecule has 2 aromatic carbocycles. The minimum Gasteiger partial charge on any atom is -0.486 e. The zero-order chi connectivity index (χ0) is 20.4. The van der Waals surface area contributed by atoms with Crippen molar-refractivity contribution >= 4 is 28.9 Å². The Bertz CT molecular complexity index is 1060. The first-order chi connectivity index (χ1) is 14.0. The van der Waals surface area contributed by atoms with Crippen molar-refractivity contribution in [3.05, 3.63) is 75.2 Å². The van der Waals surface area contributed by atoms with E-state index >= 15 is 0 Å². The number of rotatable bonds is 5. The Morgan fingerprint density at radius 2 is 1.97 bits per heavy atom. The van der Waals surface area contributed by atoms with E-state index in [-0.39, 0.29) is 11.9 Å². The summed E-state index contributed by atoms with van der Waals surface area (Å²) in [5.74, 6) is 0.247. The Balaban J connectivity index is 1.45. The standard InChI is InChI=1S/C22H20N2O4S/c1-14-3-6-17(7-4-14)28-12-20-23-18(13-29-20)21(25)24-10-9-15-11-16(22(26)27-2)5-8-19(15)24/h3-8,11,13H,9-10,12H2,1-2H3. The number of aryl methyl sites for hydroxylation is 1. The number of anilines is 1. The van der Waals surface area contributed by atoms with Crippen LogP contribution in [0.1, 0.15) is 37.0 Å². The van der Waals surface area contributed by atoms with Crippen LogP contribution < -0.4 is 9.64 Å². The Labute approximate surface area is 172 Å². The molecule has 0 unspecified atom stereocenters. The van der Waals surface area contributed by atoms with Crippen molar-refractivity contribution in [1.29, 1.82) is 0 Å². The molecule has 0 N–H and O–H groups in total. The highest BCUT2D eigenvalue weighted by Gasteiger charge is 2.28. The van der Waals surface area contributed by atoms with E-state index in [1.54, 1.807) is 28.5 Å². The number of amides is 1. The number of carbonyl (C=O) groups excluding carboxylic acids is 2. The largest absolute Gasteiger partial charge is 0.486 e. The summed E-state index contributed by atoms with van der Waals surface area (Å²) in [6, 6.07) is 13.1. The third-order valence-corrected chi connectivity index (χ3v) is 5.62. The normalized spacial score (nSPS) is 12.6. The van der Waals surface area contributed by atoms with Gasteiger partial charge in [-0.15, -0.1) is 11.3 Å². The van der Waals surface area contributed by atoms with Crippen molar-refractivity contribution in [3.63, 3.8) is 0 Å². The van der Waals surface area contributed by atoms with Crippen LogP contribution in [0, 0.1) is 6.92 Å². The Hall–Kier alpha value is -3.19. The summed E-state index contributed by atoms with van der Waals surface area (Å²) >= 11 is 1.40. The highest BCUT2D eigenvalue weighted by atomic mass is 32.1. The number of esters is 1. The summed E-state index contributed by atoms with van der Waals surface area (Å²) in [7, 11) is 1.35. The third-order valence-electron chi connectivity index (χ3n) is 4.80. The lowest BCUT2D eigenvalue weighted by Crippen LogP contribution is -2.29. The predicted octanol–water partition coefficient (Wildman–Crippen LogP) is 4.02. The molecule has 0 fully saturated rings. The molecule has 0 aliphatic carbocycles. The van der Waals surface area contributed by atoms with Crippen LogP contribution in [-0.2, 0) is 17.8 Å². The van der Waals surface area contributed by atoms with E-state index in [2.05, 4.69) is 4.98 Å². The first-order valence-electron chi connectivity index (χ1n) is 9.22. The summed E-state index contributed by atoms with van der Waals surface area (Å²) in [6.07, 6.45) is 0.694. The summed E-state index contributed by atoms with van der Waals surface area (Å²) in [5.41, 5.74) is 3.84. The fraction of sp³-hybridized carbons (Fsp3) is 0.227. The summed E-state index contributed by atoms with van der Waals surface area (Å²) in [5, 5.41) is 2.51. The second-order valence-corrected chi connectivity index (χ2v) is 7.71. The number of hydrogen-bond acceptors (Lipinski definition) is 6. The number of methoxy groups -OCH3 is 1. The van der Waals surface area contributed by atoms with Crippen molar-refractivity contribution in [2.75, 3.05) is 18.6 Å². The molecule has 6 nitrogen and oxygen atoms in total. The zero-order valence-electron chi connectivity index (χ0n) is 16.2. The monoisotopic (exact) mass is 408 g/mol. The van der Waals surface area contributed by atoms with Crippen LogP contribution in [0.15, 0.2) is 47.8 Å². The maximum atomic E-state index is 12.9. The maximum absolute atomic E-state index is 12.9. The number of ether oxygens (including phenoxy) is 2. The van der Waals surface area contributed by atoms with Crippen LogP contribution in [0.25, 0.3) is 0 Å². The molecule has 7 heteroatoms. The quantitative estimate of drug-likeness (QED) is 0.597. The second kappa shape index (κ2) is 8.05. The molecule has 1 aliphatic heterocycles. The van der Waals surface area contributed by atoms with Crippen LogP contribution in [0.3, 0.4) is 0 Å². The fourth-order valence-electron chi connectivity index (χ4n) is 3.25. The number of benzene rings is 2. The van der Waals surface area contributed by atoms with Gasteiger partial charge in [-0.1, -0.05) is 17.7 Å². The number of nitrogens with zero attached hydrogens (tertiary/aromatic N) is 2. The Morgan fingerprint density at radius 1 is 1.17 bits per heavy atom. The van der Waals surface area contributed by atoms with E-state index in [0.29, 0.717) is 30.8 Å². The summed E-state index contributed by atoms with van der Waals surface area (Å²) in [6.45, 7) is 2.90. The van der Waals surface area contributed by atoms with Crippen LogP contribution in [0.2, 0.25) is 0 Å². The molecule has 3 aromatic rings. The van der Waals surface area contributed by atoms with E-state index in [9.17, 15) is 9.59 Å². The SMILES string of the molecule is COC(=O)c1ccc2c(c1)CCN2C(=O)c1csc(COc2ccc(C)cc2)n1. The first kappa shape index (κ1) is 19.1. The van der Waals surface area contributed by atoms with Gasteiger partial charge in [-0.05, 0) is 49.2 Å². The molecule has 0 saturated carbocycles. The molecule has 1 aliphatic rings. The van der Waals surface area contributed by atoms with E-state index in [4.69, 9.17) is 9.47 Å². The molecule has 0 radical (unpaired) electrons. The van der Waals surface area contributed by atoms with Crippen LogP contribution in [0.4, 0.5) is 5.69 Å². The number of carbonyl (C=O) groups is 2. The molecule has 0 bridgehead atoms. The van der Waals surface area contributed by atoms with Gasteiger partial charge in [-0.3, -0.25) is 4.79 Å². The van der Waals surface area contributed by atoms with Gasteiger partial charge in [0.1, 0.15) is 23.1 Å². The molecule has 0 atom stereocenters. The van der Waals surface area contributed by atoms with E-state index in [0.717, 1.165) is 22.0 Å². The molecule has 0 spiro atoms. The van der Waals surface area contributed by atoms with Crippen LogP contribution in [-0.4, -0.2) is 30.5 Å². The van der Waals surface area contributed by atoms with Gasteiger partial charge >= 0.3 is 5.97 Å². The smallest absolute Gasteiger partial charge is 0.337 e. The molecule has 29 heavy (non-hydrogen) atoms. The van der Waals surface area contributed by atoms with Gasteiger partial charge in [-0.25, -0.2) is 9.78 Å². The van der Waals surface area contributed by atoms with Gasteiger partial charge in [0.2, 0.25) is 0 Å². The number of hydrogen-bond donors (Lipinski definition) is 0. The van der Waals surface area contributed by atoms with Crippen molar-refractivity contribution in [1.82, 2.24) is 4.98 Å². The van der Waals surface area contributed by atoms with Crippen molar-refractivity contribution < 1.29 is 19.1 Å². The van der Waals surface area contributed by atoms with Gasteiger partial charge < -0.3 is 14.4 Å². The van der Waals surface area contributed by atoms with Gasteiger partial charge in [0.15, 0.2) is 0 Å². The minimum atomic E-state index is -0.379. The lowest BCUT2D eigenvalue weighted by Gasteiger charge is -2.16. The van der Waals surface area contributed by atoms with Crippen molar-refractivity contribution in [2.45, 2.75) is 20.0 Å². The van der Waals surface area contributed by atoms with Gasteiger partial charge in [-0.2, -0.15) is 0 Å². The van der Waals surface area contributed by atoms with Gasteiger partial charge in [0, 0.05) is 17.6 Å². The molecule has 2 heterocycles. The molecule has 0 saturated heterocycles. The molecule has 1 amide bonds. The van der Waals surface area contributed by atoms with Crippen LogP contribution in [0.5, 0.6) is 5.75 Å². The first-order valence-corrected chi connectivity index (χ1v) is 10.1. The average molecular weight is 408 g/mol. The average Bonchev–Trinajstić information content (AvgIpc) is 3.39. The lowest BCUT2D eigenvalue weighted by molar-refractivity contribution is 0.0600. The fourth-order valence-corrected chi connectivity index (χ4v) is 3.93. The summed E-state index contributed by atoms with van der Waals surface area (Å²) in [4.78, 5) is 30.8. The van der Waals surface area contributed by atoms with Gasteiger partial charge in [0.25, 0.3) is 5.91 Å². The van der Waals surface area contributed by atoms with Gasteiger partial charge in [0.05, 0.1) is 12.7 Å². The number of thiazole rings is 1. The highest BCUT2D eigenvalue weighted by Crippen LogP contribution is 2.30. The highest BCUT2D eigenvalue weighted by molar-refractivity contribution is 7.09. The second-order valence-electron chi connectivity index (χ2n) is 6.77. The number of fused-ring (bicyclic) bond motifs is 1. The zero-order valence-corrected chi connectivity index (χ0v) is 17.0. The molecule has 148 valence electrons. The third kappa shape index (κ3) is 4.00. The maximum Gasteiger partial charge on any atom is 0.337 e. The lowest BCUT2D eigenvalue weighted by atomic mass is 10.1. The van der Waals surface area contributed by atoms with Crippen molar-refractivity contribution in [2.24, 2.45) is 0 Å². The molecule has 1 aromatic heterocycles. The Morgan fingerprint density at radius 3 is 2.72 bits per heavy atom. The Kier molecular flexibility index (Phi) is 5.31. The van der Waals surface area contributed by atoms with E-state index < -0.39 is 0 Å². The predicted molar refractivity (Wildman–Crippen MR) is 111 cm³/mol. The minimum absolute atomic E-state index is 0.146. The van der Waals surface area contributed by atoms with Crippen molar-refractivity contribution in [3.8, 4) is 5.75 Å². The van der Waals surface area contributed by atoms with Crippen LogP contribution >= 0.6 is 11.3 Å².